The van der Waals surface area contributed by atoms with Gasteiger partial charge < -0.3 is 20.9 Å². The van der Waals surface area contributed by atoms with Crippen molar-refractivity contribution >= 4 is 33.4 Å². The minimum absolute atomic E-state index is 0.0000144. The fourth-order valence-corrected chi connectivity index (χ4v) is 6.47. The van der Waals surface area contributed by atoms with Gasteiger partial charge in [0.05, 0.1) is 18.1 Å². The number of amides is 1. The summed E-state index contributed by atoms with van der Waals surface area (Å²) in [5.41, 5.74) is 7.50. The van der Waals surface area contributed by atoms with E-state index in [1.807, 2.05) is 44.2 Å². The summed E-state index contributed by atoms with van der Waals surface area (Å²) in [6.45, 7) is 5.54. The quantitative estimate of drug-likeness (QED) is 0.174. The number of hydrogen-bond donors (Lipinski definition) is 3. The van der Waals surface area contributed by atoms with E-state index in [-0.39, 0.29) is 23.9 Å². The number of thioether (sulfide) groups is 1. The highest BCUT2D eigenvalue weighted by molar-refractivity contribution is 8.00. The number of ether oxygens (including phenoxy) is 1. The van der Waals surface area contributed by atoms with Crippen molar-refractivity contribution < 1.29 is 23.1 Å². The summed E-state index contributed by atoms with van der Waals surface area (Å²) >= 11 is 1.25. The second kappa shape index (κ2) is 13.1. The Kier molecular flexibility index (Phi) is 10.2. The highest BCUT2D eigenvalue weighted by atomic mass is 32.2. The van der Waals surface area contributed by atoms with Gasteiger partial charge in [0.15, 0.2) is 0 Å². The number of aliphatic hydroxyl groups excluding tert-OH is 1. The Morgan fingerprint density at radius 3 is 2.29 bits per heavy atom. The molecule has 204 valence electrons. The fraction of sp³-hybridized carbons (Fsp3) is 0.321. The third-order valence-electron chi connectivity index (χ3n) is 5.91. The molecule has 0 heterocycles. The molecule has 0 aliphatic heterocycles. The first kappa shape index (κ1) is 29.5. The van der Waals surface area contributed by atoms with Crippen LogP contribution in [-0.2, 0) is 10.0 Å². The predicted molar refractivity (Wildman–Crippen MR) is 152 cm³/mol. The molecule has 4 N–H and O–H groups in total. The van der Waals surface area contributed by atoms with Gasteiger partial charge in [-0.15, -0.1) is 0 Å². The molecule has 0 aromatic heterocycles. The monoisotopic (exact) mass is 557 g/mol. The standard InChI is InChI=1S/C28H35N3O5S2/c1-19(2)17-31(38(34,35)23-15-13-21(36-4)14-16-23)18-26(32)28(37-22-9-6-5-7-10-22)30-27(33)24-11-8-12-25(29)20(24)3/h5-16,19,26,28,32H,17-18,29H2,1-4H3,(H,30,33). The summed E-state index contributed by atoms with van der Waals surface area (Å²) in [5, 5.41) is 13.4. The maximum absolute atomic E-state index is 13.6. The van der Waals surface area contributed by atoms with Crippen molar-refractivity contribution in [2.45, 2.75) is 42.0 Å². The van der Waals surface area contributed by atoms with Crippen LogP contribution in [0.1, 0.15) is 29.8 Å². The molecule has 2 atom stereocenters. The number of nitrogen functional groups attached to an aromatic ring is 1. The van der Waals surface area contributed by atoms with Crippen LogP contribution in [0.2, 0.25) is 0 Å². The third-order valence-corrected chi connectivity index (χ3v) is 8.98. The highest BCUT2D eigenvalue weighted by Crippen LogP contribution is 2.27. The van der Waals surface area contributed by atoms with Crippen molar-refractivity contribution in [2.24, 2.45) is 5.92 Å². The number of hydrogen-bond acceptors (Lipinski definition) is 7. The number of aliphatic hydroxyl groups is 1. The van der Waals surface area contributed by atoms with Gasteiger partial charge in [0, 0.05) is 29.2 Å². The largest absolute Gasteiger partial charge is 0.497 e. The van der Waals surface area contributed by atoms with Crippen LogP contribution in [0.15, 0.2) is 82.6 Å². The SMILES string of the molecule is COc1ccc(S(=O)(=O)N(CC(C)C)CC(O)C(NC(=O)c2cccc(N)c2C)Sc2ccccc2)cc1. The molecule has 8 nitrogen and oxygen atoms in total. The van der Waals surface area contributed by atoms with Crippen LogP contribution >= 0.6 is 11.8 Å². The Labute approximate surface area is 229 Å². The van der Waals surface area contributed by atoms with Crippen LogP contribution in [0.4, 0.5) is 5.69 Å². The zero-order chi connectivity index (χ0) is 27.9. The van der Waals surface area contributed by atoms with Gasteiger partial charge in [-0.05, 0) is 66.9 Å². The normalized spacial score (nSPS) is 13.3. The molecule has 10 heteroatoms. The van der Waals surface area contributed by atoms with Crippen LogP contribution < -0.4 is 15.8 Å². The number of carbonyl (C=O) groups is 1. The van der Waals surface area contributed by atoms with E-state index in [1.54, 1.807) is 37.3 Å². The second-order valence-electron chi connectivity index (χ2n) is 9.30. The van der Waals surface area contributed by atoms with E-state index in [0.29, 0.717) is 22.6 Å². The maximum Gasteiger partial charge on any atom is 0.252 e. The van der Waals surface area contributed by atoms with E-state index in [2.05, 4.69) is 5.32 Å². The van der Waals surface area contributed by atoms with Crippen LogP contribution in [0, 0.1) is 12.8 Å². The summed E-state index contributed by atoms with van der Waals surface area (Å²) in [5.74, 6) is 0.133. The summed E-state index contributed by atoms with van der Waals surface area (Å²) in [6.07, 6.45) is -1.22. The van der Waals surface area contributed by atoms with E-state index in [4.69, 9.17) is 10.5 Å². The molecule has 0 saturated carbocycles. The molecule has 2 unspecified atom stereocenters. The number of carbonyl (C=O) groups excluding carboxylic acids is 1. The van der Waals surface area contributed by atoms with Gasteiger partial charge in [-0.3, -0.25) is 4.79 Å². The first-order chi connectivity index (χ1) is 18.0. The summed E-state index contributed by atoms with van der Waals surface area (Å²) in [6, 6.07) is 20.5. The van der Waals surface area contributed by atoms with Crippen molar-refractivity contribution in [2.75, 3.05) is 25.9 Å². The van der Waals surface area contributed by atoms with Crippen molar-refractivity contribution in [1.82, 2.24) is 9.62 Å². The van der Waals surface area contributed by atoms with Crippen LogP contribution in [0.25, 0.3) is 0 Å². The van der Waals surface area contributed by atoms with Crippen LogP contribution in [0.5, 0.6) is 5.75 Å². The number of benzene rings is 3. The van der Waals surface area contributed by atoms with Gasteiger partial charge >= 0.3 is 0 Å². The van der Waals surface area contributed by atoms with Crippen LogP contribution in [-0.4, -0.2) is 55.4 Å². The van der Waals surface area contributed by atoms with E-state index < -0.39 is 27.4 Å². The lowest BCUT2D eigenvalue weighted by Gasteiger charge is -2.30. The molecule has 38 heavy (non-hydrogen) atoms. The topological polar surface area (TPSA) is 122 Å². The van der Waals surface area contributed by atoms with Gasteiger partial charge in [-0.1, -0.05) is 49.9 Å². The minimum Gasteiger partial charge on any atom is -0.497 e. The number of nitrogens with two attached hydrogens (primary N) is 1. The van der Waals surface area contributed by atoms with Gasteiger partial charge in [0.25, 0.3) is 5.91 Å². The first-order valence-corrected chi connectivity index (χ1v) is 14.5. The smallest absolute Gasteiger partial charge is 0.252 e. The summed E-state index contributed by atoms with van der Waals surface area (Å²) in [7, 11) is -2.43. The van der Waals surface area contributed by atoms with Crippen molar-refractivity contribution in [3.05, 3.63) is 83.9 Å². The summed E-state index contributed by atoms with van der Waals surface area (Å²) < 4.78 is 33.6. The highest BCUT2D eigenvalue weighted by Gasteiger charge is 2.32. The zero-order valence-electron chi connectivity index (χ0n) is 22.0. The predicted octanol–water partition coefficient (Wildman–Crippen LogP) is 4.14. The Morgan fingerprint density at radius 2 is 1.68 bits per heavy atom. The van der Waals surface area contributed by atoms with Crippen LogP contribution in [0.3, 0.4) is 0 Å². The second-order valence-corrected chi connectivity index (χ2v) is 12.5. The molecule has 3 aromatic rings. The molecule has 0 aliphatic carbocycles. The molecular weight excluding hydrogens is 522 g/mol. The zero-order valence-corrected chi connectivity index (χ0v) is 23.6. The molecule has 3 aromatic carbocycles. The number of anilines is 1. The Morgan fingerprint density at radius 1 is 1.03 bits per heavy atom. The van der Waals surface area contributed by atoms with Gasteiger partial charge in [0.1, 0.15) is 11.1 Å². The lowest BCUT2D eigenvalue weighted by molar-refractivity contribution is 0.0874. The Hall–Kier alpha value is -3.05. The third kappa shape index (κ3) is 7.50. The molecule has 1 amide bonds. The minimum atomic E-state index is -3.94. The first-order valence-electron chi connectivity index (χ1n) is 12.2. The number of methoxy groups -OCH3 is 1. The molecular formula is C28H35N3O5S2. The Balaban J connectivity index is 1.91. The van der Waals surface area contributed by atoms with E-state index in [9.17, 15) is 18.3 Å². The van der Waals surface area contributed by atoms with Crippen molar-refractivity contribution in [3.63, 3.8) is 0 Å². The average Bonchev–Trinajstić information content (AvgIpc) is 2.89. The molecule has 0 fully saturated rings. The van der Waals surface area contributed by atoms with Crippen molar-refractivity contribution in [3.8, 4) is 5.75 Å². The number of rotatable bonds is 12. The van der Waals surface area contributed by atoms with Crippen molar-refractivity contribution in [1.29, 1.82) is 0 Å². The average molecular weight is 558 g/mol. The Bertz CT molecular complexity index is 1320. The lowest BCUT2D eigenvalue weighted by Crippen LogP contribution is -2.48. The number of sulfonamides is 1. The van der Waals surface area contributed by atoms with Gasteiger partial charge in [-0.2, -0.15) is 4.31 Å². The van der Waals surface area contributed by atoms with E-state index >= 15 is 0 Å². The molecule has 0 spiro atoms. The molecule has 0 bridgehead atoms. The van der Waals surface area contributed by atoms with Gasteiger partial charge in [-0.25, -0.2) is 8.42 Å². The van der Waals surface area contributed by atoms with E-state index in [0.717, 1.165) is 4.90 Å². The molecule has 0 aliphatic rings. The number of nitrogens with one attached hydrogen (secondary N) is 1. The maximum atomic E-state index is 13.6. The molecule has 3 rings (SSSR count). The summed E-state index contributed by atoms with van der Waals surface area (Å²) in [4.78, 5) is 14.1. The van der Waals surface area contributed by atoms with Gasteiger partial charge in [0.2, 0.25) is 10.0 Å². The number of nitrogens with zero attached hydrogens (tertiary/aromatic N) is 1. The van der Waals surface area contributed by atoms with E-state index in [1.165, 1.54) is 35.3 Å². The fourth-order valence-electron chi connectivity index (χ4n) is 3.84. The molecule has 0 saturated heterocycles. The lowest BCUT2D eigenvalue weighted by atomic mass is 10.1. The molecule has 0 radical (unpaired) electrons.